The summed E-state index contributed by atoms with van der Waals surface area (Å²) >= 11 is 6.85. The van der Waals surface area contributed by atoms with Crippen molar-refractivity contribution in [3.63, 3.8) is 0 Å². The van der Waals surface area contributed by atoms with Crippen molar-refractivity contribution in [3.8, 4) is 22.8 Å². The number of aromatic nitrogens is 1. The van der Waals surface area contributed by atoms with Crippen molar-refractivity contribution in [2.24, 2.45) is 5.41 Å². The zero-order valence-electron chi connectivity index (χ0n) is 23.7. The standard InChI is InChI=1S/C30H36ClFN4O5/c1-29(2,3)41-28(39)34-13-14-36-18(15-34)16-40-25-22(27(36)38)26(35-12-11-30(17-35)9-4-5-10-30)33-24(23(25)31)21-19(32)7-6-8-20(21)37/h6-8,18,37H,4-5,9-17H2,1-3H3/t18-/m1/s1. The van der Waals surface area contributed by atoms with Crippen molar-refractivity contribution in [2.75, 3.05) is 44.2 Å². The molecule has 6 rings (SSSR count). The van der Waals surface area contributed by atoms with E-state index >= 15 is 4.39 Å². The van der Waals surface area contributed by atoms with Gasteiger partial charge in [-0.05, 0) is 57.6 Å². The Labute approximate surface area is 244 Å². The van der Waals surface area contributed by atoms with Gasteiger partial charge in [-0.25, -0.2) is 14.2 Å². The summed E-state index contributed by atoms with van der Waals surface area (Å²) in [5, 5.41) is 10.6. The van der Waals surface area contributed by atoms with E-state index in [0.29, 0.717) is 25.5 Å². The number of piperazine rings is 1. The molecule has 2 aromatic rings. The summed E-state index contributed by atoms with van der Waals surface area (Å²) in [6.45, 7) is 7.80. The minimum atomic E-state index is -0.677. The molecule has 41 heavy (non-hydrogen) atoms. The lowest BCUT2D eigenvalue weighted by Gasteiger charge is -2.40. The fourth-order valence-corrected chi connectivity index (χ4v) is 7.02. The Balaban J connectivity index is 1.41. The molecule has 0 radical (unpaired) electrons. The first-order valence-corrected chi connectivity index (χ1v) is 14.7. The largest absolute Gasteiger partial charge is 0.507 e. The number of phenolic OH excluding ortho intramolecular Hbond substituents is 1. The molecule has 0 bridgehead atoms. The van der Waals surface area contributed by atoms with Gasteiger partial charge in [0.2, 0.25) is 0 Å². The molecule has 11 heteroatoms. The molecule has 4 aliphatic rings. The highest BCUT2D eigenvalue weighted by Crippen LogP contribution is 2.50. The molecule has 1 aliphatic carbocycles. The second-order valence-electron chi connectivity index (χ2n) is 12.7. The molecule has 1 atom stereocenters. The van der Waals surface area contributed by atoms with Gasteiger partial charge >= 0.3 is 6.09 Å². The molecule has 3 fully saturated rings. The maximum Gasteiger partial charge on any atom is 0.410 e. The van der Waals surface area contributed by atoms with Gasteiger partial charge in [-0.1, -0.05) is 30.5 Å². The number of ether oxygens (including phenoxy) is 2. The predicted molar refractivity (Wildman–Crippen MR) is 152 cm³/mol. The molecule has 1 aromatic heterocycles. The van der Waals surface area contributed by atoms with Gasteiger partial charge in [-0.2, -0.15) is 0 Å². The van der Waals surface area contributed by atoms with Crippen LogP contribution in [-0.2, 0) is 4.74 Å². The van der Waals surface area contributed by atoms with Gasteiger partial charge in [-0.15, -0.1) is 0 Å². The number of rotatable bonds is 2. The summed E-state index contributed by atoms with van der Waals surface area (Å²) in [5.41, 5.74) is -0.324. The highest BCUT2D eigenvalue weighted by Gasteiger charge is 2.45. The maximum absolute atomic E-state index is 15.1. The number of halogens is 2. The molecule has 4 heterocycles. The first kappa shape index (κ1) is 27.9. The van der Waals surface area contributed by atoms with Crippen LogP contribution in [0.25, 0.3) is 11.3 Å². The van der Waals surface area contributed by atoms with Crippen LogP contribution in [0.15, 0.2) is 18.2 Å². The molecular weight excluding hydrogens is 551 g/mol. The van der Waals surface area contributed by atoms with Gasteiger partial charge < -0.3 is 29.3 Å². The third kappa shape index (κ3) is 5.04. The number of nitrogens with zero attached hydrogens (tertiary/aromatic N) is 4. The van der Waals surface area contributed by atoms with E-state index in [-0.39, 0.29) is 57.8 Å². The Kier molecular flexibility index (Phi) is 6.95. The van der Waals surface area contributed by atoms with Crippen molar-refractivity contribution in [3.05, 3.63) is 34.6 Å². The number of pyridine rings is 1. The van der Waals surface area contributed by atoms with Gasteiger partial charge in [-0.3, -0.25) is 4.79 Å². The minimum absolute atomic E-state index is 0.0314. The second kappa shape index (κ2) is 10.2. The van der Waals surface area contributed by atoms with E-state index in [1.807, 2.05) is 20.8 Å². The normalized spacial score (nSPS) is 21.9. The van der Waals surface area contributed by atoms with Crippen molar-refractivity contribution in [1.29, 1.82) is 0 Å². The minimum Gasteiger partial charge on any atom is -0.507 e. The lowest BCUT2D eigenvalue weighted by atomic mass is 9.86. The average Bonchev–Trinajstić information content (AvgIpc) is 3.52. The Morgan fingerprint density at radius 1 is 1.17 bits per heavy atom. The number of phenols is 1. The Morgan fingerprint density at radius 2 is 1.93 bits per heavy atom. The molecule has 0 unspecified atom stereocenters. The molecule has 2 amide bonds. The van der Waals surface area contributed by atoms with Crippen LogP contribution in [0.5, 0.6) is 11.5 Å². The van der Waals surface area contributed by atoms with Gasteiger partial charge in [0, 0.05) is 32.7 Å². The quantitative estimate of drug-likeness (QED) is 0.498. The summed E-state index contributed by atoms with van der Waals surface area (Å²) in [4.78, 5) is 37.3. The highest BCUT2D eigenvalue weighted by molar-refractivity contribution is 6.35. The fraction of sp³-hybridized carbons (Fsp3) is 0.567. The first-order valence-electron chi connectivity index (χ1n) is 14.3. The van der Waals surface area contributed by atoms with Gasteiger partial charge in [0.25, 0.3) is 5.91 Å². The summed E-state index contributed by atoms with van der Waals surface area (Å²) in [7, 11) is 0. The smallest absolute Gasteiger partial charge is 0.410 e. The maximum atomic E-state index is 15.1. The first-order chi connectivity index (χ1) is 19.5. The number of hydrogen-bond donors (Lipinski definition) is 1. The topological polar surface area (TPSA) is 95.4 Å². The van der Waals surface area contributed by atoms with Crippen LogP contribution < -0.4 is 9.64 Å². The number of carbonyl (C=O) groups is 2. The van der Waals surface area contributed by atoms with Crippen LogP contribution in [0.3, 0.4) is 0 Å². The van der Waals surface area contributed by atoms with Crippen molar-refractivity contribution < 1.29 is 28.6 Å². The summed E-state index contributed by atoms with van der Waals surface area (Å²) in [5.74, 6) is -0.739. The van der Waals surface area contributed by atoms with E-state index in [1.165, 1.54) is 31.0 Å². The number of hydrogen-bond acceptors (Lipinski definition) is 7. The zero-order chi connectivity index (χ0) is 29.1. The van der Waals surface area contributed by atoms with Crippen molar-refractivity contribution >= 4 is 29.4 Å². The summed E-state index contributed by atoms with van der Waals surface area (Å²) in [6.07, 6.45) is 5.15. The van der Waals surface area contributed by atoms with Crippen LogP contribution in [0.2, 0.25) is 5.02 Å². The van der Waals surface area contributed by atoms with Crippen LogP contribution in [0.4, 0.5) is 15.0 Å². The van der Waals surface area contributed by atoms with E-state index in [0.717, 1.165) is 25.8 Å². The van der Waals surface area contributed by atoms with Crippen LogP contribution in [0.1, 0.15) is 63.2 Å². The number of carbonyl (C=O) groups excluding carboxylic acids is 2. The van der Waals surface area contributed by atoms with Gasteiger partial charge in [0.15, 0.2) is 5.75 Å². The third-order valence-corrected chi connectivity index (χ3v) is 9.09. The molecule has 9 nitrogen and oxygen atoms in total. The predicted octanol–water partition coefficient (Wildman–Crippen LogP) is 5.47. The number of amides is 2. The second-order valence-corrected chi connectivity index (χ2v) is 13.1. The Morgan fingerprint density at radius 3 is 2.63 bits per heavy atom. The molecular formula is C30H36ClFN4O5. The molecule has 3 aliphatic heterocycles. The molecule has 220 valence electrons. The van der Waals surface area contributed by atoms with Gasteiger partial charge in [0.1, 0.15) is 45.9 Å². The average molecular weight is 587 g/mol. The molecule has 1 saturated carbocycles. The molecule has 2 saturated heterocycles. The monoisotopic (exact) mass is 586 g/mol. The van der Waals surface area contributed by atoms with Gasteiger partial charge in [0.05, 0.1) is 11.6 Å². The number of benzene rings is 1. The summed E-state index contributed by atoms with van der Waals surface area (Å²) < 4.78 is 26.9. The van der Waals surface area contributed by atoms with E-state index in [4.69, 9.17) is 26.1 Å². The van der Waals surface area contributed by atoms with Crippen LogP contribution in [0, 0.1) is 11.2 Å². The fourth-order valence-electron chi connectivity index (χ4n) is 6.73. The highest BCUT2D eigenvalue weighted by atomic mass is 35.5. The molecule has 1 spiro atoms. The van der Waals surface area contributed by atoms with E-state index in [1.54, 1.807) is 9.80 Å². The number of anilines is 1. The SMILES string of the molecule is CC(C)(C)OC(=O)N1CCN2C(=O)c3c(N4CCC5(CCCC5)C4)nc(-c4c(O)cccc4F)c(Cl)c3OC[C@H]2C1. The van der Waals surface area contributed by atoms with E-state index in [2.05, 4.69) is 4.90 Å². The lowest BCUT2D eigenvalue weighted by molar-refractivity contribution is 0.000955. The number of aromatic hydroxyl groups is 1. The Bertz CT molecular complexity index is 1370. The Hall–Kier alpha value is -3.27. The molecule has 1 aromatic carbocycles. The molecule has 1 N–H and O–H groups in total. The zero-order valence-corrected chi connectivity index (χ0v) is 24.5. The number of fused-ring (bicyclic) bond motifs is 2. The third-order valence-electron chi connectivity index (χ3n) is 8.74. The van der Waals surface area contributed by atoms with Crippen LogP contribution in [-0.4, -0.2) is 82.9 Å². The lowest BCUT2D eigenvalue weighted by Crippen LogP contribution is -2.58. The van der Waals surface area contributed by atoms with Crippen LogP contribution >= 0.6 is 11.6 Å². The van der Waals surface area contributed by atoms with E-state index in [9.17, 15) is 14.7 Å². The summed E-state index contributed by atoms with van der Waals surface area (Å²) in [6, 6.07) is 3.58. The van der Waals surface area contributed by atoms with Crippen molar-refractivity contribution in [2.45, 2.75) is 64.5 Å². The van der Waals surface area contributed by atoms with Crippen molar-refractivity contribution in [1.82, 2.24) is 14.8 Å². The van der Waals surface area contributed by atoms with E-state index < -0.39 is 23.6 Å².